The van der Waals surface area contributed by atoms with Gasteiger partial charge in [-0.3, -0.25) is 14.5 Å². The summed E-state index contributed by atoms with van der Waals surface area (Å²) in [7, 11) is 0. The molecule has 1 heterocycles. The fraction of sp³-hybridized carbons (Fsp3) is 0.429. The lowest BCUT2D eigenvalue weighted by Crippen LogP contribution is -2.48. The summed E-state index contributed by atoms with van der Waals surface area (Å²) in [5.41, 5.74) is 1.70. The standard InChI is InChI=1S/C35H38Cl3F2N3O4/c36-35(37,38)34(45)43(23-25-7-11-28(39)12-8-25)30-4-1-3-26(21-30)24-42(33(44)27-9-13-29(40)14-10-27)31-5-2-6-32(22-31)47-20-17-41-15-18-46-19-16-41/h2,5-14,22,26,30H,1,3-4,15-21,23-24H2. The second kappa shape index (κ2) is 16.4. The molecule has 1 saturated carbocycles. The molecule has 12 heteroatoms. The van der Waals surface area contributed by atoms with Crippen LogP contribution in [0.3, 0.4) is 0 Å². The minimum Gasteiger partial charge on any atom is -0.492 e. The van der Waals surface area contributed by atoms with Crippen LogP contribution in [0.15, 0.2) is 72.8 Å². The van der Waals surface area contributed by atoms with Crippen molar-refractivity contribution in [3.8, 4) is 5.75 Å². The number of anilines is 1. The number of carbonyl (C=O) groups excluding carboxylic acids is 2. The molecule has 5 rings (SSSR count). The van der Waals surface area contributed by atoms with Gasteiger partial charge in [0, 0.05) is 56.1 Å². The lowest BCUT2D eigenvalue weighted by molar-refractivity contribution is -0.134. The summed E-state index contributed by atoms with van der Waals surface area (Å²) in [5.74, 6) is -1.13. The van der Waals surface area contributed by atoms with E-state index in [1.807, 2.05) is 24.3 Å². The molecule has 252 valence electrons. The topological polar surface area (TPSA) is 62.3 Å². The first-order valence-electron chi connectivity index (χ1n) is 15.8. The zero-order valence-corrected chi connectivity index (χ0v) is 28.2. The van der Waals surface area contributed by atoms with Crippen molar-refractivity contribution in [1.29, 1.82) is 0 Å². The molecule has 47 heavy (non-hydrogen) atoms. The first-order valence-corrected chi connectivity index (χ1v) is 16.9. The highest BCUT2D eigenvalue weighted by molar-refractivity contribution is 6.76. The van der Waals surface area contributed by atoms with E-state index in [0.717, 1.165) is 32.5 Å². The summed E-state index contributed by atoms with van der Waals surface area (Å²) >= 11 is 18.3. The first kappa shape index (κ1) is 35.4. The Morgan fingerprint density at radius 2 is 1.62 bits per heavy atom. The second-order valence-corrected chi connectivity index (χ2v) is 14.2. The van der Waals surface area contributed by atoms with Gasteiger partial charge in [-0.25, -0.2) is 8.78 Å². The quantitative estimate of drug-likeness (QED) is 0.196. The predicted octanol–water partition coefficient (Wildman–Crippen LogP) is 7.28. The fourth-order valence-corrected chi connectivity index (χ4v) is 6.52. The van der Waals surface area contributed by atoms with Crippen molar-refractivity contribution in [2.24, 2.45) is 5.92 Å². The maximum Gasteiger partial charge on any atom is 0.275 e. The Hall–Kier alpha value is -2.95. The number of carbonyl (C=O) groups is 2. The Kier molecular flexibility index (Phi) is 12.4. The van der Waals surface area contributed by atoms with Gasteiger partial charge in [-0.15, -0.1) is 0 Å². The smallest absolute Gasteiger partial charge is 0.275 e. The third-order valence-electron chi connectivity index (χ3n) is 8.65. The molecule has 2 amide bonds. The zero-order valence-electron chi connectivity index (χ0n) is 25.9. The third-order valence-corrected chi connectivity index (χ3v) is 9.14. The van der Waals surface area contributed by atoms with E-state index in [-0.39, 0.29) is 30.2 Å². The van der Waals surface area contributed by atoms with Gasteiger partial charge in [0.15, 0.2) is 0 Å². The molecule has 0 bridgehead atoms. The van der Waals surface area contributed by atoms with Crippen LogP contribution in [-0.4, -0.2) is 77.4 Å². The molecule has 1 saturated heterocycles. The Morgan fingerprint density at radius 1 is 0.936 bits per heavy atom. The highest BCUT2D eigenvalue weighted by Gasteiger charge is 2.40. The molecule has 3 aromatic carbocycles. The summed E-state index contributed by atoms with van der Waals surface area (Å²) < 4.78 is 36.7. The SMILES string of the molecule is O=C(c1ccc(F)cc1)N(CC1CCCC(N(Cc2ccc(F)cc2)C(=O)C(Cl)(Cl)Cl)C1)c1cccc(OCCN2CCOCC2)c1. The van der Waals surface area contributed by atoms with Crippen molar-refractivity contribution >= 4 is 52.3 Å². The summed E-state index contributed by atoms with van der Waals surface area (Å²) in [6.07, 6.45) is 2.83. The number of benzene rings is 3. The number of rotatable bonds is 11. The molecule has 0 radical (unpaired) electrons. The van der Waals surface area contributed by atoms with Crippen molar-refractivity contribution in [3.63, 3.8) is 0 Å². The number of nitrogens with zero attached hydrogens (tertiary/aromatic N) is 3. The zero-order chi connectivity index (χ0) is 33.4. The molecule has 2 aliphatic rings. The van der Waals surface area contributed by atoms with Crippen molar-refractivity contribution < 1.29 is 27.8 Å². The van der Waals surface area contributed by atoms with Gasteiger partial charge in [-0.05, 0) is 79.3 Å². The molecular weight excluding hydrogens is 671 g/mol. The number of hydrogen-bond acceptors (Lipinski definition) is 5. The van der Waals surface area contributed by atoms with E-state index in [9.17, 15) is 18.4 Å². The Morgan fingerprint density at radius 3 is 2.30 bits per heavy atom. The van der Waals surface area contributed by atoms with Gasteiger partial charge in [0.25, 0.3) is 15.6 Å². The maximum atomic E-state index is 14.0. The van der Waals surface area contributed by atoms with Crippen LogP contribution in [0, 0.1) is 17.6 Å². The van der Waals surface area contributed by atoms with Gasteiger partial charge in [0.1, 0.15) is 24.0 Å². The number of halogens is 5. The summed E-state index contributed by atoms with van der Waals surface area (Å²) in [5, 5.41) is 0. The van der Waals surface area contributed by atoms with E-state index in [4.69, 9.17) is 44.3 Å². The van der Waals surface area contributed by atoms with Crippen molar-refractivity contribution in [2.45, 2.75) is 42.1 Å². The third kappa shape index (κ3) is 10.0. The van der Waals surface area contributed by atoms with Gasteiger partial charge < -0.3 is 19.3 Å². The molecule has 0 N–H and O–H groups in total. The van der Waals surface area contributed by atoms with Crippen LogP contribution >= 0.6 is 34.8 Å². The highest BCUT2D eigenvalue weighted by Crippen LogP contribution is 2.36. The van der Waals surface area contributed by atoms with Crippen LogP contribution in [0.2, 0.25) is 0 Å². The van der Waals surface area contributed by atoms with Crippen LogP contribution in [0.25, 0.3) is 0 Å². The molecule has 0 aromatic heterocycles. The van der Waals surface area contributed by atoms with Gasteiger partial charge in [0.2, 0.25) is 0 Å². The number of alkyl halides is 3. The number of ether oxygens (including phenoxy) is 2. The van der Waals surface area contributed by atoms with Crippen LogP contribution in [0.1, 0.15) is 41.6 Å². The van der Waals surface area contributed by atoms with Crippen LogP contribution in [-0.2, 0) is 16.1 Å². The largest absolute Gasteiger partial charge is 0.492 e. The van der Waals surface area contributed by atoms with E-state index in [1.165, 1.54) is 36.4 Å². The molecule has 1 aliphatic heterocycles. The maximum absolute atomic E-state index is 14.0. The molecule has 1 aliphatic carbocycles. The van der Waals surface area contributed by atoms with Crippen molar-refractivity contribution in [1.82, 2.24) is 9.80 Å². The van der Waals surface area contributed by atoms with Crippen LogP contribution in [0.5, 0.6) is 5.75 Å². The lowest BCUT2D eigenvalue weighted by atomic mass is 9.84. The predicted molar refractivity (Wildman–Crippen MR) is 180 cm³/mol. The lowest BCUT2D eigenvalue weighted by Gasteiger charge is -2.40. The van der Waals surface area contributed by atoms with E-state index in [2.05, 4.69) is 4.90 Å². The summed E-state index contributed by atoms with van der Waals surface area (Å²) in [6, 6.07) is 18.5. The average Bonchev–Trinajstić information content (AvgIpc) is 3.07. The summed E-state index contributed by atoms with van der Waals surface area (Å²) in [6.45, 7) is 4.88. The van der Waals surface area contributed by atoms with Gasteiger partial charge in [0.05, 0.1) is 13.2 Å². The van der Waals surface area contributed by atoms with Gasteiger partial charge in [-0.1, -0.05) is 59.4 Å². The second-order valence-electron chi connectivity index (χ2n) is 12.0. The minimum atomic E-state index is -2.17. The van der Waals surface area contributed by atoms with E-state index in [0.29, 0.717) is 61.8 Å². The highest BCUT2D eigenvalue weighted by atomic mass is 35.6. The Bertz CT molecular complexity index is 1480. The first-order chi connectivity index (χ1) is 22.6. The molecule has 7 nitrogen and oxygen atoms in total. The number of amides is 2. The van der Waals surface area contributed by atoms with E-state index >= 15 is 0 Å². The van der Waals surface area contributed by atoms with Crippen LogP contribution in [0.4, 0.5) is 14.5 Å². The monoisotopic (exact) mass is 707 g/mol. The molecule has 2 unspecified atom stereocenters. The van der Waals surface area contributed by atoms with Gasteiger partial charge >= 0.3 is 0 Å². The molecular formula is C35H38Cl3F2N3O4. The Labute approximate surface area is 289 Å². The van der Waals surface area contributed by atoms with Crippen LogP contribution < -0.4 is 9.64 Å². The molecule has 2 fully saturated rings. The number of morpholine rings is 1. The molecule has 2 atom stereocenters. The fourth-order valence-electron chi connectivity index (χ4n) is 6.20. The molecule has 0 spiro atoms. The van der Waals surface area contributed by atoms with Crippen molar-refractivity contribution in [3.05, 3.63) is 95.6 Å². The average molecular weight is 709 g/mol. The van der Waals surface area contributed by atoms with E-state index in [1.54, 1.807) is 21.9 Å². The molecule has 3 aromatic rings. The summed E-state index contributed by atoms with van der Waals surface area (Å²) in [4.78, 5) is 32.9. The number of hydrogen-bond donors (Lipinski definition) is 0. The normalized spacial score (nSPS) is 18.8. The van der Waals surface area contributed by atoms with Gasteiger partial charge in [-0.2, -0.15) is 0 Å². The Balaban J connectivity index is 1.35. The minimum absolute atomic E-state index is 0.0112. The van der Waals surface area contributed by atoms with Crippen molar-refractivity contribution in [2.75, 3.05) is 50.9 Å². The van der Waals surface area contributed by atoms with E-state index < -0.39 is 15.5 Å².